The molecule has 0 aliphatic carbocycles. The van der Waals surface area contributed by atoms with E-state index in [-0.39, 0.29) is 38.1 Å². The highest BCUT2D eigenvalue weighted by Gasteiger charge is 2.21. The van der Waals surface area contributed by atoms with Gasteiger partial charge in [0, 0.05) is 24.0 Å². The molecular weight excluding hydrogens is 609 g/mol. The maximum Gasteiger partial charge on any atom is 0.295 e. The molecule has 5 aromatic rings. The number of para-hydroxylation sites is 1. The molecule has 0 unspecified atom stereocenters. The summed E-state index contributed by atoms with van der Waals surface area (Å²) in [6, 6.07) is 23.3. The van der Waals surface area contributed by atoms with Crippen molar-refractivity contribution in [1.29, 1.82) is 0 Å². The molecule has 0 atom stereocenters. The molecule has 3 N–H and O–H groups in total. The zero-order chi connectivity index (χ0) is 31.6. The summed E-state index contributed by atoms with van der Waals surface area (Å²) in [5.41, 5.74) is 1.25. The third-order valence-electron chi connectivity index (χ3n) is 6.76. The molecule has 1 aromatic heterocycles. The zero-order valence-electron chi connectivity index (χ0n) is 23.3. The summed E-state index contributed by atoms with van der Waals surface area (Å²) in [6.07, 6.45) is 0. The Morgan fingerprint density at radius 3 is 2.23 bits per heavy atom. The number of benzene rings is 4. The molecule has 0 radical (unpaired) electrons. The summed E-state index contributed by atoms with van der Waals surface area (Å²) in [4.78, 5) is 39.3. The minimum atomic E-state index is -4.14. The van der Waals surface area contributed by atoms with Crippen molar-refractivity contribution in [1.82, 2.24) is 9.36 Å². The molecule has 5 rings (SSSR count). The lowest BCUT2D eigenvalue weighted by Crippen LogP contribution is -2.23. The van der Waals surface area contributed by atoms with E-state index in [0.29, 0.717) is 11.4 Å². The van der Waals surface area contributed by atoms with Crippen molar-refractivity contribution >= 4 is 50.5 Å². The van der Waals surface area contributed by atoms with Crippen LogP contribution in [-0.4, -0.2) is 29.6 Å². The third kappa shape index (κ3) is 6.26. The number of halogens is 2. The van der Waals surface area contributed by atoms with Gasteiger partial charge in [0.05, 0.1) is 26.9 Å². The van der Waals surface area contributed by atoms with Gasteiger partial charge in [-0.05, 0) is 79.7 Å². The first-order chi connectivity index (χ1) is 20.9. The predicted molar refractivity (Wildman–Crippen MR) is 167 cm³/mol. The quantitative estimate of drug-likeness (QED) is 0.205. The normalized spacial score (nSPS) is 11.2. The van der Waals surface area contributed by atoms with E-state index in [4.69, 9.17) is 11.6 Å². The minimum Gasteiger partial charge on any atom is -0.322 e. The first kappa shape index (κ1) is 30.3. The van der Waals surface area contributed by atoms with Crippen LogP contribution in [0, 0.1) is 12.7 Å². The molecule has 1 heterocycles. The zero-order valence-corrected chi connectivity index (χ0v) is 24.9. The Balaban J connectivity index is 1.34. The van der Waals surface area contributed by atoms with Crippen LogP contribution in [0.5, 0.6) is 0 Å². The van der Waals surface area contributed by atoms with E-state index in [1.807, 2.05) is 6.07 Å². The van der Waals surface area contributed by atoms with Gasteiger partial charge in [-0.1, -0.05) is 35.9 Å². The Hall–Kier alpha value is -5.20. The van der Waals surface area contributed by atoms with Crippen molar-refractivity contribution in [3.63, 3.8) is 0 Å². The summed E-state index contributed by atoms with van der Waals surface area (Å²) in [7, 11) is -2.43. The van der Waals surface area contributed by atoms with Crippen LogP contribution in [0.1, 0.15) is 26.4 Å². The van der Waals surface area contributed by atoms with Crippen LogP contribution in [0.25, 0.3) is 5.69 Å². The number of nitrogens with one attached hydrogen (secondary N) is 3. The van der Waals surface area contributed by atoms with E-state index in [0.717, 1.165) is 18.2 Å². The Kier molecular flexibility index (Phi) is 8.39. The van der Waals surface area contributed by atoms with E-state index in [9.17, 15) is 27.2 Å². The first-order valence-corrected chi connectivity index (χ1v) is 15.0. The number of hydrogen-bond acceptors (Lipinski definition) is 5. The smallest absolute Gasteiger partial charge is 0.295 e. The standard InChI is InChI=1S/C31H25ClFN5O5S/c1-19-28(31(41)38(37(19)2)24-9-4-3-5-10-24)35-29(39)20-7-6-8-23(17-20)34-30(40)26-18-25(15-16-27(26)32)44(42,43)36-22-13-11-21(33)12-14-22/h3-18,36H,1-2H3,(H,34,40)(H,35,39). The molecule has 0 saturated heterocycles. The van der Waals surface area contributed by atoms with E-state index in [1.54, 1.807) is 49.0 Å². The van der Waals surface area contributed by atoms with Crippen molar-refractivity contribution in [3.05, 3.63) is 135 Å². The number of sulfonamides is 1. The average Bonchev–Trinajstić information content (AvgIpc) is 3.21. The second kappa shape index (κ2) is 12.2. The molecule has 4 aromatic carbocycles. The van der Waals surface area contributed by atoms with E-state index >= 15 is 0 Å². The molecule has 0 spiro atoms. The van der Waals surface area contributed by atoms with E-state index in [1.165, 1.54) is 47.1 Å². The largest absolute Gasteiger partial charge is 0.322 e. The highest BCUT2D eigenvalue weighted by molar-refractivity contribution is 7.92. The molecule has 0 aliphatic rings. The summed E-state index contributed by atoms with van der Waals surface area (Å²) >= 11 is 6.23. The van der Waals surface area contributed by atoms with Crippen molar-refractivity contribution in [3.8, 4) is 5.69 Å². The van der Waals surface area contributed by atoms with Crippen LogP contribution in [0.3, 0.4) is 0 Å². The number of hydrogen-bond donors (Lipinski definition) is 3. The fourth-order valence-corrected chi connectivity index (χ4v) is 5.70. The van der Waals surface area contributed by atoms with Crippen LogP contribution in [0.2, 0.25) is 5.02 Å². The molecule has 13 heteroatoms. The van der Waals surface area contributed by atoms with Crippen LogP contribution < -0.4 is 20.9 Å². The highest BCUT2D eigenvalue weighted by atomic mass is 35.5. The van der Waals surface area contributed by atoms with Crippen LogP contribution in [-0.2, 0) is 17.1 Å². The lowest BCUT2D eigenvalue weighted by atomic mass is 10.1. The van der Waals surface area contributed by atoms with Crippen LogP contribution in [0.4, 0.5) is 21.5 Å². The van der Waals surface area contributed by atoms with Gasteiger partial charge in [0.15, 0.2) is 0 Å². The number of rotatable bonds is 8. The maximum atomic E-state index is 13.2. The highest BCUT2D eigenvalue weighted by Crippen LogP contribution is 2.24. The number of nitrogens with zero attached hydrogens (tertiary/aromatic N) is 2. The van der Waals surface area contributed by atoms with Gasteiger partial charge in [-0.2, -0.15) is 0 Å². The van der Waals surface area contributed by atoms with Crippen molar-refractivity contribution in [2.75, 3.05) is 15.4 Å². The summed E-state index contributed by atoms with van der Waals surface area (Å²) in [5, 5.41) is 5.28. The molecule has 224 valence electrons. The lowest BCUT2D eigenvalue weighted by Gasteiger charge is -2.12. The predicted octanol–water partition coefficient (Wildman–Crippen LogP) is 5.58. The molecular formula is C31H25ClFN5O5S. The van der Waals surface area contributed by atoms with Crippen molar-refractivity contribution < 1.29 is 22.4 Å². The van der Waals surface area contributed by atoms with Crippen molar-refractivity contribution in [2.24, 2.45) is 7.05 Å². The number of amides is 2. The fraction of sp³-hybridized carbons (Fsp3) is 0.0645. The van der Waals surface area contributed by atoms with Gasteiger partial charge in [0.25, 0.3) is 27.4 Å². The Bertz CT molecular complexity index is 2060. The van der Waals surface area contributed by atoms with Crippen molar-refractivity contribution in [2.45, 2.75) is 11.8 Å². The van der Waals surface area contributed by atoms with Gasteiger partial charge < -0.3 is 10.6 Å². The molecule has 2 amide bonds. The topological polar surface area (TPSA) is 131 Å². The number of anilines is 3. The molecule has 10 nitrogen and oxygen atoms in total. The molecule has 0 saturated carbocycles. The SMILES string of the molecule is Cc1c(NC(=O)c2cccc(NC(=O)c3cc(S(=O)(=O)Nc4ccc(F)cc4)ccc3Cl)c2)c(=O)n(-c2ccccc2)n1C. The Morgan fingerprint density at radius 1 is 0.818 bits per heavy atom. The first-order valence-electron chi connectivity index (χ1n) is 13.1. The average molecular weight is 634 g/mol. The molecule has 0 aliphatic heterocycles. The van der Waals surface area contributed by atoms with Gasteiger partial charge in [-0.3, -0.25) is 23.8 Å². The Labute approximate surface area is 256 Å². The van der Waals surface area contributed by atoms with Gasteiger partial charge in [-0.25, -0.2) is 17.5 Å². The molecule has 44 heavy (non-hydrogen) atoms. The van der Waals surface area contributed by atoms with Gasteiger partial charge in [0.1, 0.15) is 11.5 Å². The number of carbonyl (C=O) groups is 2. The lowest BCUT2D eigenvalue weighted by molar-refractivity contribution is 0.101. The monoisotopic (exact) mass is 633 g/mol. The van der Waals surface area contributed by atoms with Gasteiger partial charge in [-0.15, -0.1) is 0 Å². The summed E-state index contributed by atoms with van der Waals surface area (Å²) in [6.45, 7) is 1.71. The second-order valence-electron chi connectivity index (χ2n) is 9.68. The summed E-state index contributed by atoms with van der Waals surface area (Å²) < 4.78 is 44.4. The maximum absolute atomic E-state index is 13.2. The Morgan fingerprint density at radius 2 is 1.52 bits per heavy atom. The van der Waals surface area contributed by atoms with Gasteiger partial charge >= 0.3 is 0 Å². The molecule has 0 bridgehead atoms. The number of carbonyl (C=O) groups excluding carboxylic acids is 2. The minimum absolute atomic E-state index is 0.00798. The third-order valence-corrected chi connectivity index (χ3v) is 8.47. The van der Waals surface area contributed by atoms with Gasteiger partial charge in [0.2, 0.25) is 0 Å². The van der Waals surface area contributed by atoms with E-state index < -0.39 is 33.2 Å². The fourth-order valence-electron chi connectivity index (χ4n) is 4.41. The number of aromatic nitrogens is 2. The van der Waals surface area contributed by atoms with Crippen LogP contribution in [0.15, 0.2) is 107 Å². The second-order valence-corrected chi connectivity index (χ2v) is 11.8. The van der Waals surface area contributed by atoms with Crippen LogP contribution >= 0.6 is 11.6 Å². The molecule has 0 fully saturated rings. The van der Waals surface area contributed by atoms with E-state index in [2.05, 4.69) is 15.4 Å². The summed E-state index contributed by atoms with van der Waals surface area (Å²) in [5.74, 6) is -1.83.